The highest BCUT2D eigenvalue weighted by Gasteiger charge is 2.35. The van der Waals surface area contributed by atoms with Gasteiger partial charge in [-0.1, -0.05) is 42.5 Å². The maximum atomic E-state index is 13.1. The number of carbonyl (C=O) groups is 2. The number of anilines is 1. The van der Waals surface area contributed by atoms with Gasteiger partial charge in [0, 0.05) is 13.5 Å². The van der Waals surface area contributed by atoms with Gasteiger partial charge in [-0.15, -0.1) is 0 Å². The molecule has 0 atom stereocenters. The Labute approximate surface area is 143 Å². The highest BCUT2D eigenvalue weighted by atomic mass is 19.4. The zero-order valence-corrected chi connectivity index (χ0v) is 13.5. The molecule has 0 aromatic heterocycles. The molecule has 4 nitrogen and oxygen atoms in total. The third kappa shape index (κ3) is 5.07. The van der Waals surface area contributed by atoms with Gasteiger partial charge in [0.2, 0.25) is 11.8 Å². The minimum Gasteiger partial charge on any atom is -0.350 e. The van der Waals surface area contributed by atoms with E-state index < -0.39 is 30.1 Å². The fourth-order valence-electron chi connectivity index (χ4n) is 2.31. The van der Waals surface area contributed by atoms with Crippen LogP contribution in [0.25, 0.3) is 0 Å². The number of rotatable bonds is 5. The molecule has 0 saturated carbocycles. The molecule has 2 aromatic carbocycles. The first-order chi connectivity index (χ1) is 11.8. The van der Waals surface area contributed by atoms with Gasteiger partial charge in [-0.2, -0.15) is 13.2 Å². The number of para-hydroxylation sites is 1. The number of benzene rings is 2. The van der Waals surface area contributed by atoms with Crippen molar-refractivity contribution < 1.29 is 22.8 Å². The SMILES string of the molecule is CC(=O)N(CC(=O)NCc1ccccc1)c1ccccc1C(F)(F)F. The Morgan fingerprint density at radius 1 is 1.00 bits per heavy atom. The maximum absolute atomic E-state index is 13.1. The lowest BCUT2D eigenvalue weighted by molar-refractivity contribution is -0.137. The van der Waals surface area contributed by atoms with Crippen molar-refractivity contribution in [3.63, 3.8) is 0 Å². The molecular formula is C18H17F3N2O2. The Hall–Kier alpha value is -2.83. The number of amides is 2. The second-order valence-electron chi connectivity index (χ2n) is 5.38. The summed E-state index contributed by atoms with van der Waals surface area (Å²) < 4.78 is 39.4. The van der Waals surface area contributed by atoms with E-state index in [4.69, 9.17) is 0 Å². The number of hydrogen-bond donors (Lipinski definition) is 1. The van der Waals surface area contributed by atoms with Crippen molar-refractivity contribution in [3.05, 3.63) is 65.7 Å². The zero-order chi connectivity index (χ0) is 18.4. The molecule has 1 N–H and O–H groups in total. The van der Waals surface area contributed by atoms with Crippen molar-refractivity contribution >= 4 is 17.5 Å². The fourth-order valence-corrected chi connectivity index (χ4v) is 2.31. The van der Waals surface area contributed by atoms with Crippen LogP contribution in [0.15, 0.2) is 54.6 Å². The summed E-state index contributed by atoms with van der Waals surface area (Å²) in [5.41, 5.74) is -0.445. The standard InChI is InChI=1S/C18H17F3N2O2/c1-13(24)23(16-10-6-5-9-15(16)18(19,20)21)12-17(25)22-11-14-7-3-2-4-8-14/h2-10H,11-12H2,1H3,(H,22,25). The normalized spacial score (nSPS) is 11.0. The minimum atomic E-state index is -4.62. The van der Waals surface area contributed by atoms with E-state index in [9.17, 15) is 22.8 Å². The van der Waals surface area contributed by atoms with Crippen molar-refractivity contribution in [1.82, 2.24) is 5.32 Å². The Balaban J connectivity index is 2.14. The van der Waals surface area contributed by atoms with Gasteiger partial charge in [0.15, 0.2) is 0 Å². The van der Waals surface area contributed by atoms with E-state index in [1.165, 1.54) is 18.2 Å². The molecule has 7 heteroatoms. The van der Waals surface area contributed by atoms with Gasteiger partial charge in [0.05, 0.1) is 11.3 Å². The number of nitrogens with one attached hydrogen (secondary N) is 1. The highest BCUT2D eigenvalue weighted by molar-refractivity contribution is 5.98. The number of hydrogen-bond acceptors (Lipinski definition) is 2. The molecule has 0 aliphatic heterocycles. The Morgan fingerprint density at radius 3 is 2.20 bits per heavy atom. The van der Waals surface area contributed by atoms with Crippen LogP contribution in [0.1, 0.15) is 18.1 Å². The number of nitrogens with zero attached hydrogens (tertiary/aromatic N) is 1. The van der Waals surface area contributed by atoms with Gasteiger partial charge in [0.1, 0.15) is 6.54 Å². The predicted octanol–water partition coefficient (Wildman–Crippen LogP) is 3.37. The summed E-state index contributed by atoms with van der Waals surface area (Å²) in [5.74, 6) is -1.19. The molecule has 2 aromatic rings. The number of alkyl halides is 3. The van der Waals surface area contributed by atoms with E-state index in [-0.39, 0.29) is 12.2 Å². The van der Waals surface area contributed by atoms with Crippen LogP contribution in [0.2, 0.25) is 0 Å². The third-order valence-corrected chi connectivity index (χ3v) is 3.51. The second kappa shape index (κ2) is 7.83. The van der Waals surface area contributed by atoms with E-state index >= 15 is 0 Å². The molecule has 0 fully saturated rings. The summed E-state index contributed by atoms with van der Waals surface area (Å²) in [7, 11) is 0. The molecule has 0 spiro atoms. The quantitative estimate of drug-likeness (QED) is 0.899. The van der Waals surface area contributed by atoms with Gasteiger partial charge in [-0.05, 0) is 17.7 Å². The van der Waals surface area contributed by atoms with Crippen LogP contribution in [0.5, 0.6) is 0 Å². The van der Waals surface area contributed by atoms with Gasteiger partial charge in [-0.25, -0.2) is 0 Å². The van der Waals surface area contributed by atoms with Crippen LogP contribution >= 0.6 is 0 Å². The largest absolute Gasteiger partial charge is 0.418 e. The summed E-state index contributed by atoms with van der Waals surface area (Å²) >= 11 is 0. The average molecular weight is 350 g/mol. The molecule has 132 valence electrons. The van der Waals surface area contributed by atoms with E-state index in [1.807, 2.05) is 30.3 Å². The van der Waals surface area contributed by atoms with Gasteiger partial charge in [0.25, 0.3) is 0 Å². The Kier molecular flexibility index (Phi) is 5.80. The Morgan fingerprint density at radius 2 is 1.60 bits per heavy atom. The van der Waals surface area contributed by atoms with Crippen molar-refractivity contribution in [3.8, 4) is 0 Å². The molecule has 0 bridgehead atoms. The van der Waals surface area contributed by atoms with Gasteiger partial charge < -0.3 is 10.2 Å². The Bertz CT molecular complexity index is 745. The summed E-state index contributed by atoms with van der Waals surface area (Å²) in [4.78, 5) is 24.7. The maximum Gasteiger partial charge on any atom is 0.418 e. The van der Waals surface area contributed by atoms with Gasteiger partial charge in [-0.3, -0.25) is 9.59 Å². The van der Waals surface area contributed by atoms with E-state index in [0.717, 1.165) is 23.5 Å². The van der Waals surface area contributed by atoms with Gasteiger partial charge >= 0.3 is 6.18 Å². The van der Waals surface area contributed by atoms with E-state index in [0.29, 0.717) is 0 Å². The molecular weight excluding hydrogens is 333 g/mol. The van der Waals surface area contributed by atoms with Crippen molar-refractivity contribution in [2.24, 2.45) is 0 Å². The molecule has 2 amide bonds. The molecule has 0 aliphatic rings. The molecule has 0 heterocycles. The summed E-state index contributed by atoms with van der Waals surface area (Å²) in [6.45, 7) is 0.860. The first-order valence-corrected chi connectivity index (χ1v) is 7.54. The van der Waals surface area contributed by atoms with Crippen molar-refractivity contribution in [2.75, 3.05) is 11.4 Å². The van der Waals surface area contributed by atoms with Crippen LogP contribution in [-0.2, 0) is 22.3 Å². The monoisotopic (exact) mass is 350 g/mol. The first-order valence-electron chi connectivity index (χ1n) is 7.54. The molecule has 0 unspecified atom stereocenters. The average Bonchev–Trinajstić information content (AvgIpc) is 2.58. The summed E-state index contributed by atoms with van der Waals surface area (Å²) in [5, 5.41) is 2.60. The fraction of sp³-hybridized carbons (Fsp3) is 0.222. The first kappa shape index (κ1) is 18.5. The van der Waals surface area contributed by atoms with Crippen molar-refractivity contribution in [2.45, 2.75) is 19.6 Å². The topological polar surface area (TPSA) is 49.4 Å². The lowest BCUT2D eigenvalue weighted by Gasteiger charge is -2.24. The third-order valence-electron chi connectivity index (χ3n) is 3.51. The molecule has 25 heavy (non-hydrogen) atoms. The van der Waals surface area contributed by atoms with Crippen LogP contribution in [0.3, 0.4) is 0 Å². The zero-order valence-electron chi connectivity index (χ0n) is 13.5. The lowest BCUT2D eigenvalue weighted by atomic mass is 10.1. The van der Waals surface area contributed by atoms with Crippen LogP contribution in [0, 0.1) is 0 Å². The highest BCUT2D eigenvalue weighted by Crippen LogP contribution is 2.36. The van der Waals surface area contributed by atoms with E-state index in [2.05, 4.69) is 5.32 Å². The second-order valence-corrected chi connectivity index (χ2v) is 5.38. The predicted molar refractivity (Wildman–Crippen MR) is 87.8 cm³/mol. The van der Waals surface area contributed by atoms with Crippen LogP contribution in [0.4, 0.5) is 18.9 Å². The summed E-state index contributed by atoms with van der Waals surface area (Å²) in [6, 6.07) is 13.7. The van der Waals surface area contributed by atoms with Crippen LogP contribution < -0.4 is 10.2 Å². The van der Waals surface area contributed by atoms with Crippen molar-refractivity contribution in [1.29, 1.82) is 0 Å². The summed E-state index contributed by atoms with van der Waals surface area (Å²) in [6.07, 6.45) is -4.62. The molecule has 0 radical (unpaired) electrons. The molecule has 0 aliphatic carbocycles. The lowest BCUT2D eigenvalue weighted by Crippen LogP contribution is -2.40. The smallest absolute Gasteiger partial charge is 0.350 e. The molecule has 2 rings (SSSR count). The van der Waals surface area contributed by atoms with Crippen LogP contribution in [-0.4, -0.2) is 18.4 Å². The minimum absolute atomic E-state index is 0.229. The number of halogens is 3. The van der Waals surface area contributed by atoms with E-state index in [1.54, 1.807) is 0 Å². The number of carbonyl (C=O) groups excluding carboxylic acids is 2. The molecule has 0 saturated heterocycles.